The van der Waals surface area contributed by atoms with E-state index in [0.29, 0.717) is 19.0 Å². The number of hydrogen-bond donors (Lipinski definition) is 2. The summed E-state index contributed by atoms with van der Waals surface area (Å²) >= 11 is 0. The van der Waals surface area contributed by atoms with E-state index in [0.717, 1.165) is 17.5 Å². The van der Waals surface area contributed by atoms with Gasteiger partial charge in [0, 0.05) is 34.2 Å². The molecule has 2 rings (SSSR count). The fourth-order valence-corrected chi connectivity index (χ4v) is 3.27. The normalized spacial score (nSPS) is 11.8. The molecule has 0 unspecified atom stereocenters. The van der Waals surface area contributed by atoms with Crippen molar-refractivity contribution in [1.82, 2.24) is 14.9 Å². The minimum absolute atomic E-state index is 0. The maximum absolute atomic E-state index is 12.9. The maximum atomic E-state index is 12.9. The highest BCUT2D eigenvalue weighted by Crippen LogP contribution is 2.13. The smallest absolute Gasteiger partial charge is 0.242 e. The lowest BCUT2D eigenvalue weighted by molar-refractivity contribution is 0.520. The molecular weight excluding hydrogens is 494 g/mol. The van der Waals surface area contributed by atoms with Crippen LogP contribution in [0.4, 0.5) is 4.39 Å². The molecule has 0 saturated carbocycles. The second-order valence-corrected chi connectivity index (χ2v) is 8.31. The van der Waals surface area contributed by atoms with Gasteiger partial charge in [-0.15, -0.1) is 24.0 Å². The first-order chi connectivity index (χ1) is 12.8. The zero-order valence-electron chi connectivity index (χ0n) is 16.1. The number of benzene rings is 2. The van der Waals surface area contributed by atoms with Crippen molar-refractivity contribution in [2.45, 2.75) is 17.9 Å². The molecule has 0 radical (unpaired) electrons. The van der Waals surface area contributed by atoms with Crippen LogP contribution in [-0.2, 0) is 23.0 Å². The first-order valence-corrected chi connectivity index (χ1v) is 9.97. The van der Waals surface area contributed by atoms with E-state index in [1.165, 1.54) is 30.5 Å². The predicted octanol–water partition coefficient (Wildman–Crippen LogP) is 2.60. The van der Waals surface area contributed by atoms with E-state index in [9.17, 15) is 12.8 Å². The number of rotatable bonds is 7. The molecule has 0 aliphatic carbocycles. The Hall–Kier alpha value is -1.72. The molecule has 28 heavy (non-hydrogen) atoms. The highest BCUT2D eigenvalue weighted by atomic mass is 127. The van der Waals surface area contributed by atoms with Crippen molar-refractivity contribution >= 4 is 40.0 Å². The van der Waals surface area contributed by atoms with Crippen LogP contribution in [-0.4, -0.2) is 46.4 Å². The van der Waals surface area contributed by atoms with Gasteiger partial charge in [-0.1, -0.05) is 24.3 Å². The van der Waals surface area contributed by atoms with E-state index in [1.807, 2.05) is 0 Å². The van der Waals surface area contributed by atoms with Crippen molar-refractivity contribution in [3.8, 4) is 0 Å². The molecular formula is C19H26FIN4O2S. The Morgan fingerprint density at radius 2 is 1.57 bits per heavy atom. The summed E-state index contributed by atoms with van der Waals surface area (Å²) in [6.45, 7) is 1.17. The van der Waals surface area contributed by atoms with Gasteiger partial charge in [-0.3, -0.25) is 4.99 Å². The maximum Gasteiger partial charge on any atom is 0.242 e. The molecule has 0 fully saturated rings. The highest BCUT2D eigenvalue weighted by molar-refractivity contribution is 14.0. The molecule has 2 aromatic carbocycles. The van der Waals surface area contributed by atoms with Crippen LogP contribution in [0, 0.1) is 5.82 Å². The van der Waals surface area contributed by atoms with Gasteiger partial charge < -0.3 is 10.6 Å². The van der Waals surface area contributed by atoms with Gasteiger partial charge in [0.05, 0.1) is 4.90 Å². The number of aliphatic imine (C=N–C) groups is 1. The van der Waals surface area contributed by atoms with E-state index in [2.05, 4.69) is 15.6 Å². The Morgan fingerprint density at radius 3 is 2.11 bits per heavy atom. The Morgan fingerprint density at radius 1 is 1.00 bits per heavy atom. The lowest BCUT2D eigenvalue weighted by Crippen LogP contribution is -2.37. The van der Waals surface area contributed by atoms with Gasteiger partial charge in [-0.2, -0.15) is 0 Å². The number of halogens is 2. The summed E-state index contributed by atoms with van der Waals surface area (Å²) in [5, 5.41) is 6.38. The van der Waals surface area contributed by atoms with Crippen molar-refractivity contribution in [2.24, 2.45) is 4.99 Å². The average molecular weight is 520 g/mol. The third kappa shape index (κ3) is 7.02. The van der Waals surface area contributed by atoms with Crippen molar-refractivity contribution in [3.05, 3.63) is 65.5 Å². The van der Waals surface area contributed by atoms with Crippen LogP contribution in [0.5, 0.6) is 0 Å². The molecule has 2 N–H and O–H groups in total. The van der Waals surface area contributed by atoms with Gasteiger partial charge in [-0.05, 0) is 41.8 Å². The van der Waals surface area contributed by atoms with Crippen molar-refractivity contribution in [2.75, 3.05) is 27.7 Å². The summed E-state index contributed by atoms with van der Waals surface area (Å²) in [7, 11) is 1.28. The van der Waals surface area contributed by atoms with E-state index < -0.39 is 10.0 Å². The van der Waals surface area contributed by atoms with Gasteiger partial charge >= 0.3 is 0 Å². The van der Waals surface area contributed by atoms with Crippen molar-refractivity contribution in [1.29, 1.82) is 0 Å². The van der Waals surface area contributed by atoms with Crippen LogP contribution >= 0.6 is 24.0 Å². The number of nitrogens with one attached hydrogen (secondary N) is 2. The monoisotopic (exact) mass is 520 g/mol. The summed E-state index contributed by atoms with van der Waals surface area (Å²) in [6, 6.07) is 13.1. The summed E-state index contributed by atoms with van der Waals surface area (Å²) in [4.78, 5) is 4.42. The van der Waals surface area contributed by atoms with Gasteiger partial charge in [-0.25, -0.2) is 17.1 Å². The average Bonchev–Trinajstić information content (AvgIpc) is 2.66. The fraction of sp³-hybridized carbons (Fsp3) is 0.316. The second-order valence-electron chi connectivity index (χ2n) is 6.16. The van der Waals surface area contributed by atoms with E-state index in [1.54, 1.807) is 43.4 Å². The van der Waals surface area contributed by atoms with Crippen LogP contribution in [0.1, 0.15) is 11.1 Å². The number of sulfonamides is 1. The van der Waals surface area contributed by atoms with Crippen molar-refractivity contribution < 1.29 is 12.8 Å². The lowest BCUT2D eigenvalue weighted by Gasteiger charge is -2.13. The minimum Gasteiger partial charge on any atom is -0.356 e. The molecule has 0 bridgehead atoms. The third-order valence-electron chi connectivity index (χ3n) is 4.00. The van der Waals surface area contributed by atoms with Gasteiger partial charge in [0.25, 0.3) is 0 Å². The zero-order valence-corrected chi connectivity index (χ0v) is 19.3. The topological polar surface area (TPSA) is 73.8 Å². The summed E-state index contributed by atoms with van der Waals surface area (Å²) < 4.78 is 38.2. The van der Waals surface area contributed by atoms with E-state index >= 15 is 0 Å². The molecule has 0 aliphatic heterocycles. The van der Waals surface area contributed by atoms with Gasteiger partial charge in [0.2, 0.25) is 10.0 Å². The molecule has 9 heteroatoms. The standard InChI is InChI=1S/C19H25FN4O2S.HI/c1-21-19(22-13-12-15-4-8-17(20)9-5-15)23-14-16-6-10-18(11-7-16)27(25,26)24(2)3;/h4-11H,12-14H2,1-3H3,(H2,21,22,23);1H. The van der Waals surface area contributed by atoms with Gasteiger partial charge in [0.15, 0.2) is 5.96 Å². The predicted molar refractivity (Wildman–Crippen MR) is 121 cm³/mol. The number of hydrogen-bond acceptors (Lipinski definition) is 3. The molecule has 2 aromatic rings. The van der Waals surface area contributed by atoms with E-state index in [4.69, 9.17) is 0 Å². The third-order valence-corrected chi connectivity index (χ3v) is 5.83. The molecule has 0 heterocycles. The van der Waals surface area contributed by atoms with Crippen LogP contribution in [0.3, 0.4) is 0 Å². The van der Waals surface area contributed by atoms with Crippen LogP contribution in [0.2, 0.25) is 0 Å². The molecule has 0 atom stereocenters. The fourth-order valence-electron chi connectivity index (χ4n) is 2.37. The largest absolute Gasteiger partial charge is 0.356 e. The molecule has 154 valence electrons. The number of guanidine groups is 1. The van der Waals surface area contributed by atoms with Crippen LogP contribution in [0.25, 0.3) is 0 Å². The first-order valence-electron chi connectivity index (χ1n) is 8.53. The van der Waals surface area contributed by atoms with Gasteiger partial charge in [0.1, 0.15) is 5.82 Å². The van der Waals surface area contributed by atoms with E-state index in [-0.39, 0.29) is 34.7 Å². The molecule has 0 spiro atoms. The Labute approximate surface area is 183 Å². The van der Waals surface area contributed by atoms with Crippen molar-refractivity contribution in [3.63, 3.8) is 0 Å². The highest BCUT2D eigenvalue weighted by Gasteiger charge is 2.16. The zero-order chi connectivity index (χ0) is 19.9. The Balaban J connectivity index is 0.00000392. The molecule has 0 amide bonds. The molecule has 0 aromatic heterocycles. The van der Waals surface area contributed by atoms with Crippen LogP contribution < -0.4 is 10.6 Å². The van der Waals surface area contributed by atoms with Crippen LogP contribution in [0.15, 0.2) is 58.4 Å². The summed E-state index contributed by atoms with van der Waals surface area (Å²) in [5.74, 6) is 0.399. The summed E-state index contributed by atoms with van der Waals surface area (Å²) in [5.41, 5.74) is 1.98. The number of nitrogens with zero attached hydrogens (tertiary/aromatic N) is 2. The first kappa shape index (κ1) is 24.3. The Kier molecular flexibility index (Phi) is 9.83. The lowest BCUT2D eigenvalue weighted by atomic mass is 10.1. The molecule has 0 saturated heterocycles. The SMILES string of the molecule is CN=C(NCCc1ccc(F)cc1)NCc1ccc(S(=O)(=O)N(C)C)cc1.I. The summed E-state index contributed by atoms with van der Waals surface area (Å²) in [6.07, 6.45) is 0.748. The molecule has 0 aliphatic rings. The minimum atomic E-state index is -3.42. The molecule has 6 nitrogen and oxygen atoms in total. The quantitative estimate of drug-likeness (QED) is 0.335. The Bertz CT molecular complexity index is 870. The second kappa shape index (κ2) is 11.3.